The first kappa shape index (κ1) is 14.5. The van der Waals surface area contributed by atoms with E-state index >= 15 is 0 Å². The summed E-state index contributed by atoms with van der Waals surface area (Å²) in [7, 11) is 0. The molecule has 5 nitrogen and oxygen atoms in total. The lowest BCUT2D eigenvalue weighted by Crippen LogP contribution is -2.45. The highest BCUT2D eigenvalue weighted by molar-refractivity contribution is 5.82. The summed E-state index contributed by atoms with van der Waals surface area (Å²) in [4.78, 5) is 24.6. The van der Waals surface area contributed by atoms with Crippen LogP contribution in [0.3, 0.4) is 0 Å². The Labute approximate surface area is 107 Å². The third kappa shape index (κ3) is 3.03. The minimum absolute atomic E-state index is 0.181. The molecule has 0 radical (unpaired) electrons. The molecule has 1 aliphatic rings. The first-order chi connectivity index (χ1) is 8.17. The summed E-state index contributed by atoms with van der Waals surface area (Å²) in [6.45, 7) is 9.27. The van der Waals surface area contributed by atoms with Crippen molar-refractivity contribution in [3.63, 3.8) is 0 Å². The average molecular weight is 255 g/mol. The second-order valence-corrected chi connectivity index (χ2v) is 5.54. The molecule has 0 unspecified atom stereocenters. The molecule has 5 heteroatoms. The van der Waals surface area contributed by atoms with Crippen molar-refractivity contribution in [2.75, 3.05) is 6.54 Å². The molecule has 102 valence electrons. The summed E-state index contributed by atoms with van der Waals surface area (Å²) in [5, 5.41) is 9.24. The SMILES string of the molecule is C/C=C1\CN(C(=O)OC(C)(C)C)[C@@H](C(=O)O)[C@@H]1C. The van der Waals surface area contributed by atoms with Gasteiger partial charge in [0.2, 0.25) is 0 Å². The van der Waals surface area contributed by atoms with Crippen LogP contribution in [0.15, 0.2) is 11.6 Å². The van der Waals surface area contributed by atoms with Gasteiger partial charge in [-0.2, -0.15) is 0 Å². The highest BCUT2D eigenvalue weighted by Gasteiger charge is 2.43. The number of allylic oxidation sites excluding steroid dienone is 1. The highest BCUT2D eigenvalue weighted by Crippen LogP contribution is 2.30. The fourth-order valence-electron chi connectivity index (χ4n) is 2.11. The molecule has 1 fully saturated rings. The minimum atomic E-state index is -0.995. The average Bonchev–Trinajstić information content (AvgIpc) is 2.52. The van der Waals surface area contributed by atoms with Gasteiger partial charge >= 0.3 is 12.1 Å². The number of hydrogen-bond acceptors (Lipinski definition) is 3. The van der Waals surface area contributed by atoms with Crippen molar-refractivity contribution in [1.82, 2.24) is 4.90 Å². The van der Waals surface area contributed by atoms with Gasteiger partial charge in [-0.15, -0.1) is 0 Å². The second kappa shape index (κ2) is 5.00. The van der Waals surface area contributed by atoms with Gasteiger partial charge in [-0.1, -0.05) is 13.0 Å². The van der Waals surface area contributed by atoms with Crippen molar-refractivity contribution in [1.29, 1.82) is 0 Å². The molecule has 0 aromatic carbocycles. The van der Waals surface area contributed by atoms with E-state index in [1.807, 2.05) is 19.9 Å². The maximum Gasteiger partial charge on any atom is 0.411 e. The van der Waals surface area contributed by atoms with Crippen LogP contribution in [0.2, 0.25) is 0 Å². The third-order valence-electron chi connectivity index (χ3n) is 3.00. The summed E-state index contributed by atoms with van der Waals surface area (Å²) in [5.74, 6) is -1.18. The quantitative estimate of drug-likeness (QED) is 0.730. The number of ether oxygens (including phenoxy) is 1. The molecule has 2 atom stereocenters. The van der Waals surface area contributed by atoms with Crippen molar-refractivity contribution < 1.29 is 19.4 Å². The van der Waals surface area contributed by atoms with Gasteiger partial charge in [-0.05, 0) is 33.3 Å². The molecular weight excluding hydrogens is 234 g/mol. The third-order valence-corrected chi connectivity index (χ3v) is 3.00. The van der Waals surface area contributed by atoms with Crippen LogP contribution in [0, 0.1) is 5.92 Å². The molecule has 0 spiro atoms. The largest absolute Gasteiger partial charge is 0.480 e. The molecule has 0 aromatic rings. The molecule has 0 saturated carbocycles. The maximum atomic E-state index is 12.0. The molecule has 1 N–H and O–H groups in total. The van der Waals surface area contributed by atoms with E-state index in [1.165, 1.54) is 4.90 Å². The first-order valence-electron chi connectivity index (χ1n) is 6.05. The van der Waals surface area contributed by atoms with Gasteiger partial charge in [-0.3, -0.25) is 4.90 Å². The number of likely N-dealkylation sites (tertiary alicyclic amines) is 1. The number of amides is 1. The van der Waals surface area contributed by atoms with E-state index in [4.69, 9.17) is 4.74 Å². The van der Waals surface area contributed by atoms with Crippen molar-refractivity contribution in [2.24, 2.45) is 5.92 Å². The topological polar surface area (TPSA) is 66.8 Å². The zero-order valence-electron chi connectivity index (χ0n) is 11.6. The van der Waals surface area contributed by atoms with Gasteiger partial charge in [-0.25, -0.2) is 9.59 Å². The monoisotopic (exact) mass is 255 g/mol. The molecule has 1 aliphatic heterocycles. The lowest BCUT2D eigenvalue weighted by molar-refractivity contribution is -0.143. The number of carboxylic acids is 1. The Bertz CT molecular complexity index is 381. The van der Waals surface area contributed by atoms with E-state index in [0.29, 0.717) is 6.54 Å². The number of carbonyl (C=O) groups is 2. The molecule has 1 rings (SSSR count). The predicted octanol–water partition coefficient (Wildman–Crippen LogP) is 2.27. The van der Waals surface area contributed by atoms with Gasteiger partial charge in [0.15, 0.2) is 0 Å². The Kier molecular flexibility index (Phi) is 4.04. The standard InChI is InChI=1S/C13H21NO4/c1-6-9-7-14(10(8(9)2)11(15)16)12(17)18-13(3,4)5/h6,8,10H,7H2,1-5H3,(H,15,16)/b9-6+/t8-,10-/m1/s1. The minimum Gasteiger partial charge on any atom is -0.480 e. The molecule has 18 heavy (non-hydrogen) atoms. The Morgan fingerprint density at radius 1 is 1.44 bits per heavy atom. The van der Waals surface area contributed by atoms with Crippen molar-refractivity contribution in [3.05, 3.63) is 11.6 Å². The molecular formula is C13H21NO4. The number of carbonyl (C=O) groups excluding carboxylic acids is 1. The molecule has 1 heterocycles. The molecule has 0 aromatic heterocycles. The lowest BCUT2D eigenvalue weighted by atomic mass is 9.98. The number of aliphatic carboxylic acids is 1. The highest BCUT2D eigenvalue weighted by atomic mass is 16.6. The molecule has 0 bridgehead atoms. The van der Waals surface area contributed by atoms with E-state index in [0.717, 1.165) is 5.57 Å². The van der Waals surface area contributed by atoms with E-state index < -0.39 is 23.7 Å². The van der Waals surface area contributed by atoms with Crippen molar-refractivity contribution >= 4 is 12.1 Å². The van der Waals surface area contributed by atoms with Gasteiger partial charge in [0, 0.05) is 12.5 Å². The predicted molar refractivity (Wildman–Crippen MR) is 67.3 cm³/mol. The van der Waals surface area contributed by atoms with Crippen molar-refractivity contribution in [2.45, 2.75) is 46.3 Å². The van der Waals surface area contributed by atoms with E-state index in [1.54, 1.807) is 20.8 Å². The number of hydrogen-bond donors (Lipinski definition) is 1. The van der Waals surface area contributed by atoms with Crippen LogP contribution in [0.5, 0.6) is 0 Å². The van der Waals surface area contributed by atoms with Crippen LogP contribution in [0.1, 0.15) is 34.6 Å². The van der Waals surface area contributed by atoms with Crippen LogP contribution in [0.4, 0.5) is 4.79 Å². The van der Waals surface area contributed by atoms with Crippen LogP contribution >= 0.6 is 0 Å². The van der Waals surface area contributed by atoms with Crippen LogP contribution in [-0.2, 0) is 9.53 Å². The Morgan fingerprint density at radius 2 is 2.00 bits per heavy atom. The summed E-state index contributed by atoms with van der Waals surface area (Å²) in [6.07, 6.45) is 1.30. The maximum absolute atomic E-state index is 12.0. The summed E-state index contributed by atoms with van der Waals surface area (Å²) in [5.41, 5.74) is 0.329. The van der Waals surface area contributed by atoms with Gasteiger partial charge in [0.25, 0.3) is 0 Å². The van der Waals surface area contributed by atoms with Crippen LogP contribution in [0.25, 0.3) is 0 Å². The normalized spacial score (nSPS) is 26.5. The van der Waals surface area contributed by atoms with Gasteiger partial charge in [0.1, 0.15) is 11.6 Å². The fourth-order valence-corrected chi connectivity index (χ4v) is 2.11. The van der Waals surface area contributed by atoms with Crippen LogP contribution in [-0.4, -0.2) is 40.3 Å². The van der Waals surface area contributed by atoms with E-state index in [-0.39, 0.29) is 5.92 Å². The lowest BCUT2D eigenvalue weighted by Gasteiger charge is -2.27. The summed E-state index contributed by atoms with van der Waals surface area (Å²) >= 11 is 0. The van der Waals surface area contributed by atoms with Crippen LogP contribution < -0.4 is 0 Å². The number of nitrogens with zero attached hydrogens (tertiary/aromatic N) is 1. The number of rotatable bonds is 1. The fraction of sp³-hybridized carbons (Fsp3) is 0.692. The second-order valence-electron chi connectivity index (χ2n) is 5.54. The molecule has 1 saturated heterocycles. The Balaban J connectivity index is 2.93. The van der Waals surface area contributed by atoms with Crippen molar-refractivity contribution in [3.8, 4) is 0 Å². The number of carboxylic acid groups (broad SMARTS) is 1. The Hall–Kier alpha value is -1.52. The zero-order valence-corrected chi connectivity index (χ0v) is 11.6. The van der Waals surface area contributed by atoms with Gasteiger partial charge in [0.05, 0.1) is 0 Å². The zero-order chi connectivity index (χ0) is 14.1. The summed E-state index contributed by atoms with van der Waals surface area (Å²) in [6, 6.07) is -0.842. The smallest absolute Gasteiger partial charge is 0.411 e. The van der Waals surface area contributed by atoms with E-state index in [9.17, 15) is 14.7 Å². The molecule has 0 aliphatic carbocycles. The Morgan fingerprint density at radius 3 is 2.39 bits per heavy atom. The summed E-state index contributed by atoms with van der Waals surface area (Å²) < 4.78 is 5.24. The first-order valence-corrected chi connectivity index (χ1v) is 6.05. The molecule has 1 amide bonds. The van der Waals surface area contributed by atoms with Gasteiger partial charge < -0.3 is 9.84 Å². The van der Waals surface area contributed by atoms with E-state index in [2.05, 4.69) is 0 Å².